The maximum Gasteiger partial charge on any atom is 0.179 e. The number of halogens is 1. The van der Waals surface area contributed by atoms with Gasteiger partial charge in [-0.2, -0.15) is 0 Å². The molecule has 0 radical (unpaired) electrons. The molecule has 0 bridgehead atoms. The van der Waals surface area contributed by atoms with Crippen molar-refractivity contribution >= 4 is 11.6 Å². The molecule has 0 heterocycles. The molecule has 1 aromatic rings. The molecule has 0 aliphatic carbocycles. The number of unbranched alkanes of at least 4 members (excludes halogenated alkanes) is 2. The Balaban J connectivity index is 2.48. The Morgan fingerprint density at radius 3 is 2.58 bits per heavy atom. The second-order valence-corrected chi connectivity index (χ2v) is 4.68. The summed E-state index contributed by atoms with van der Waals surface area (Å²) in [7, 11) is 3.17. The summed E-state index contributed by atoms with van der Waals surface area (Å²) in [6.07, 6.45) is 2.96. The third-order valence-electron chi connectivity index (χ3n) is 2.83. The summed E-state index contributed by atoms with van der Waals surface area (Å²) in [6.45, 7) is 1.93. The van der Waals surface area contributed by atoms with E-state index in [0.29, 0.717) is 16.5 Å². The van der Waals surface area contributed by atoms with Crippen molar-refractivity contribution in [3.63, 3.8) is 0 Å². The second-order valence-electron chi connectivity index (χ2n) is 4.27. The monoisotopic (exact) mass is 287 g/mol. The molecule has 0 saturated heterocycles. The lowest BCUT2D eigenvalue weighted by molar-refractivity contribution is 0.283. The minimum absolute atomic E-state index is 0.269. The SMILES string of the molecule is COc1cc(CNCCCCCO)cc(Cl)c1OC. The van der Waals surface area contributed by atoms with Gasteiger partial charge < -0.3 is 19.9 Å². The van der Waals surface area contributed by atoms with Crippen molar-refractivity contribution in [2.75, 3.05) is 27.4 Å². The van der Waals surface area contributed by atoms with Crippen molar-refractivity contribution in [1.82, 2.24) is 5.32 Å². The highest BCUT2D eigenvalue weighted by molar-refractivity contribution is 6.32. The Morgan fingerprint density at radius 1 is 1.16 bits per heavy atom. The van der Waals surface area contributed by atoms with Crippen molar-refractivity contribution in [2.24, 2.45) is 0 Å². The van der Waals surface area contributed by atoms with Crippen LogP contribution in [-0.4, -0.2) is 32.5 Å². The molecule has 4 nitrogen and oxygen atoms in total. The highest BCUT2D eigenvalue weighted by Gasteiger charge is 2.10. The van der Waals surface area contributed by atoms with Crippen molar-refractivity contribution in [1.29, 1.82) is 0 Å². The van der Waals surface area contributed by atoms with Gasteiger partial charge in [-0.05, 0) is 43.5 Å². The van der Waals surface area contributed by atoms with Crippen molar-refractivity contribution in [3.8, 4) is 11.5 Å². The van der Waals surface area contributed by atoms with E-state index in [4.69, 9.17) is 26.2 Å². The number of nitrogens with one attached hydrogen (secondary N) is 1. The number of rotatable bonds is 9. The van der Waals surface area contributed by atoms with Crippen molar-refractivity contribution in [3.05, 3.63) is 22.7 Å². The van der Waals surface area contributed by atoms with Crippen molar-refractivity contribution < 1.29 is 14.6 Å². The molecular formula is C14H22ClNO3. The lowest BCUT2D eigenvalue weighted by atomic mass is 10.2. The molecule has 2 N–H and O–H groups in total. The maximum atomic E-state index is 8.68. The molecule has 0 unspecified atom stereocenters. The number of aliphatic hydroxyl groups is 1. The van der Waals surface area contributed by atoms with Crippen molar-refractivity contribution in [2.45, 2.75) is 25.8 Å². The van der Waals surface area contributed by atoms with E-state index in [1.807, 2.05) is 12.1 Å². The zero-order valence-corrected chi connectivity index (χ0v) is 12.3. The van der Waals surface area contributed by atoms with Gasteiger partial charge in [-0.15, -0.1) is 0 Å². The van der Waals surface area contributed by atoms with Gasteiger partial charge in [0.2, 0.25) is 0 Å². The summed E-state index contributed by atoms with van der Waals surface area (Å²) < 4.78 is 10.4. The van der Waals surface area contributed by atoms with Crippen LogP contribution in [0.25, 0.3) is 0 Å². The van der Waals surface area contributed by atoms with E-state index >= 15 is 0 Å². The fourth-order valence-electron chi connectivity index (χ4n) is 1.84. The molecule has 0 aliphatic rings. The molecule has 0 aliphatic heterocycles. The Bertz CT molecular complexity index is 385. The van der Waals surface area contributed by atoms with Crippen LogP contribution in [0.4, 0.5) is 0 Å². The van der Waals surface area contributed by atoms with Crippen LogP contribution in [0.2, 0.25) is 5.02 Å². The van der Waals surface area contributed by atoms with Crippen LogP contribution in [0.3, 0.4) is 0 Å². The molecule has 0 spiro atoms. The van der Waals surface area contributed by atoms with Gasteiger partial charge in [0.25, 0.3) is 0 Å². The molecule has 19 heavy (non-hydrogen) atoms. The van der Waals surface area contributed by atoms with Crippen LogP contribution < -0.4 is 14.8 Å². The smallest absolute Gasteiger partial charge is 0.179 e. The van der Waals surface area contributed by atoms with E-state index in [1.165, 1.54) is 0 Å². The first-order valence-corrected chi connectivity index (χ1v) is 6.82. The number of benzene rings is 1. The fourth-order valence-corrected chi connectivity index (χ4v) is 2.16. The quantitative estimate of drug-likeness (QED) is 0.686. The first-order valence-electron chi connectivity index (χ1n) is 6.45. The first-order chi connectivity index (χ1) is 9.22. The van der Waals surface area contributed by atoms with Crippen LogP contribution in [0.1, 0.15) is 24.8 Å². The molecule has 0 atom stereocenters. The zero-order valence-electron chi connectivity index (χ0n) is 11.5. The third kappa shape index (κ3) is 5.27. The lowest BCUT2D eigenvalue weighted by Gasteiger charge is -2.12. The van der Waals surface area contributed by atoms with Crippen LogP contribution >= 0.6 is 11.6 Å². The van der Waals surface area contributed by atoms with Crippen LogP contribution in [-0.2, 0) is 6.54 Å². The summed E-state index contributed by atoms with van der Waals surface area (Å²) in [5.41, 5.74) is 1.06. The van der Waals surface area contributed by atoms with Crippen LogP contribution in [0, 0.1) is 0 Å². The molecule has 1 rings (SSSR count). The highest BCUT2D eigenvalue weighted by Crippen LogP contribution is 2.35. The standard InChI is InChI=1S/C14H22ClNO3/c1-18-13-9-11(8-12(15)14(13)19-2)10-16-6-4-3-5-7-17/h8-9,16-17H,3-7,10H2,1-2H3. The van der Waals surface area contributed by atoms with Gasteiger partial charge in [-0.25, -0.2) is 0 Å². The van der Waals surface area contributed by atoms with E-state index in [-0.39, 0.29) is 6.61 Å². The average molecular weight is 288 g/mol. The summed E-state index contributed by atoms with van der Waals surface area (Å²) >= 11 is 6.13. The van der Waals surface area contributed by atoms with Gasteiger partial charge in [-0.3, -0.25) is 0 Å². The Kier molecular flexibility index (Phi) is 7.63. The molecule has 5 heteroatoms. The first kappa shape index (κ1) is 16.1. The number of hydrogen-bond donors (Lipinski definition) is 2. The fraction of sp³-hybridized carbons (Fsp3) is 0.571. The molecule has 1 aromatic carbocycles. The highest BCUT2D eigenvalue weighted by atomic mass is 35.5. The van der Waals surface area contributed by atoms with Gasteiger partial charge in [0.1, 0.15) is 0 Å². The topological polar surface area (TPSA) is 50.7 Å². The molecule has 0 aromatic heterocycles. The average Bonchev–Trinajstić information content (AvgIpc) is 2.42. The van der Waals surface area contributed by atoms with E-state index in [1.54, 1.807) is 14.2 Å². The summed E-state index contributed by atoms with van der Waals surface area (Å²) in [5, 5.41) is 12.6. The number of methoxy groups -OCH3 is 2. The summed E-state index contributed by atoms with van der Waals surface area (Å²) in [6, 6.07) is 3.80. The predicted octanol–water partition coefficient (Wildman–Crippen LogP) is 2.61. The van der Waals surface area contributed by atoms with Crippen LogP contribution in [0.15, 0.2) is 12.1 Å². The summed E-state index contributed by atoms with van der Waals surface area (Å²) in [4.78, 5) is 0. The maximum absolute atomic E-state index is 8.68. The molecular weight excluding hydrogens is 266 g/mol. The minimum Gasteiger partial charge on any atom is -0.493 e. The lowest BCUT2D eigenvalue weighted by Crippen LogP contribution is -2.14. The van der Waals surface area contributed by atoms with Gasteiger partial charge in [0, 0.05) is 13.2 Å². The Hall–Kier alpha value is -0.970. The van der Waals surface area contributed by atoms with E-state index < -0.39 is 0 Å². The molecule has 0 amide bonds. The van der Waals surface area contributed by atoms with Gasteiger partial charge in [0.15, 0.2) is 11.5 Å². The van der Waals surface area contributed by atoms with Gasteiger partial charge in [-0.1, -0.05) is 11.6 Å². The second kappa shape index (κ2) is 9.02. The molecule has 108 valence electrons. The summed E-state index contributed by atoms with van der Waals surface area (Å²) in [5.74, 6) is 1.21. The molecule has 0 fully saturated rings. The number of aliphatic hydroxyl groups excluding tert-OH is 1. The van der Waals surface area contributed by atoms with E-state index in [9.17, 15) is 0 Å². The zero-order chi connectivity index (χ0) is 14.1. The minimum atomic E-state index is 0.269. The van der Waals surface area contributed by atoms with E-state index in [0.717, 1.165) is 37.9 Å². The predicted molar refractivity (Wildman–Crippen MR) is 77.2 cm³/mol. The van der Waals surface area contributed by atoms with Crippen LogP contribution in [0.5, 0.6) is 11.5 Å². The Morgan fingerprint density at radius 2 is 1.95 bits per heavy atom. The third-order valence-corrected chi connectivity index (χ3v) is 3.11. The van der Waals surface area contributed by atoms with E-state index in [2.05, 4.69) is 5.32 Å². The number of hydrogen-bond acceptors (Lipinski definition) is 4. The molecule has 0 saturated carbocycles. The largest absolute Gasteiger partial charge is 0.493 e. The van der Waals surface area contributed by atoms with Gasteiger partial charge >= 0.3 is 0 Å². The van der Waals surface area contributed by atoms with Gasteiger partial charge in [0.05, 0.1) is 19.2 Å². The normalized spacial score (nSPS) is 10.5. The Labute approximate surface area is 119 Å². The number of ether oxygens (including phenoxy) is 2.